The monoisotopic (exact) mass is 581 g/mol. The average Bonchev–Trinajstić information content (AvgIpc) is 3.30. The molecule has 37 heavy (non-hydrogen) atoms. The fraction of sp³-hybridized carbons (Fsp3) is 0.263. The molecule has 0 aliphatic carbocycles. The van der Waals surface area contributed by atoms with E-state index in [4.69, 9.17) is 16.3 Å². The third-order valence-electron chi connectivity index (χ3n) is 4.60. The van der Waals surface area contributed by atoms with Crippen LogP contribution in [0, 0.1) is 0 Å². The molecule has 0 bridgehead atoms. The molecule has 2 N–H and O–H groups in total. The third-order valence-corrected chi connectivity index (χ3v) is 6.54. The van der Waals surface area contributed by atoms with Crippen LogP contribution in [0.3, 0.4) is 0 Å². The number of hydrogen-bond acceptors (Lipinski definition) is 12. The van der Waals surface area contributed by atoms with Gasteiger partial charge in [-0.05, 0) is 12.1 Å². The van der Waals surface area contributed by atoms with E-state index >= 15 is 0 Å². The van der Waals surface area contributed by atoms with Crippen LogP contribution in [0.25, 0.3) is 0 Å². The van der Waals surface area contributed by atoms with Crippen LogP contribution in [0.15, 0.2) is 40.9 Å². The van der Waals surface area contributed by atoms with Crippen LogP contribution in [0.5, 0.6) is 0 Å². The second-order valence-corrected chi connectivity index (χ2v) is 9.29. The fourth-order valence-corrected chi connectivity index (χ4v) is 4.66. The van der Waals surface area contributed by atoms with E-state index in [-0.39, 0.29) is 56.1 Å². The molecule has 2 atom stereocenters. The average molecular weight is 582 g/mol. The summed E-state index contributed by atoms with van der Waals surface area (Å²) >= 11 is 6.37. The van der Waals surface area contributed by atoms with Gasteiger partial charge < -0.3 is 24.8 Å². The van der Waals surface area contributed by atoms with Crippen molar-refractivity contribution in [2.75, 3.05) is 24.9 Å². The number of anilines is 1. The molecule has 3 rings (SSSR count). The van der Waals surface area contributed by atoms with Crippen molar-refractivity contribution < 1.29 is 71.3 Å². The topological polar surface area (TPSA) is 196 Å². The van der Waals surface area contributed by atoms with Gasteiger partial charge in [-0.1, -0.05) is 23.4 Å². The van der Waals surface area contributed by atoms with Gasteiger partial charge in [-0.3, -0.25) is 14.4 Å². The minimum absolute atomic E-state index is 0. The van der Waals surface area contributed by atoms with Gasteiger partial charge >= 0.3 is 35.5 Å². The van der Waals surface area contributed by atoms with E-state index in [2.05, 4.69) is 25.6 Å². The summed E-state index contributed by atoms with van der Waals surface area (Å²) in [6.45, 7) is -0.700. The minimum atomic E-state index is -5.26. The normalized spacial score (nSPS) is 17.2. The summed E-state index contributed by atoms with van der Waals surface area (Å²) in [6, 6.07) is 4.65. The van der Waals surface area contributed by atoms with Gasteiger partial charge in [0.25, 0.3) is 11.8 Å². The quantitative estimate of drug-likeness (QED) is 0.0545. The number of alkyl halides is 1. The van der Waals surface area contributed by atoms with Crippen molar-refractivity contribution in [3.05, 3.63) is 47.0 Å². The number of esters is 1. The zero-order chi connectivity index (χ0) is 26.5. The van der Waals surface area contributed by atoms with Gasteiger partial charge in [-0.2, -0.15) is 0 Å². The van der Waals surface area contributed by atoms with Crippen LogP contribution < -0.4 is 40.2 Å². The maximum absolute atomic E-state index is 12.9. The van der Waals surface area contributed by atoms with Crippen LogP contribution in [-0.4, -0.2) is 83.3 Å². The van der Waals surface area contributed by atoms with E-state index in [0.29, 0.717) is 0 Å². The van der Waals surface area contributed by atoms with E-state index in [1.165, 1.54) is 17.5 Å². The number of nitrogens with zero attached hydrogens (tertiary/aromatic N) is 3. The Morgan fingerprint density at radius 3 is 2.54 bits per heavy atom. The van der Waals surface area contributed by atoms with E-state index in [1.54, 1.807) is 18.2 Å². The molecule has 0 radical (unpaired) electrons. The number of nitrogens with one attached hydrogen (secondary N) is 2. The summed E-state index contributed by atoms with van der Waals surface area (Å²) in [5.41, 5.74) is -0.317. The molecule has 192 valence electrons. The summed E-state index contributed by atoms with van der Waals surface area (Å²) < 4.78 is 39.7. The van der Waals surface area contributed by atoms with Gasteiger partial charge in [0.15, 0.2) is 21.1 Å². The van der Waals surface area contributed by atoms with Gasteiger partial charge in [-0.15, -0.1) is 22.9 Å². The summed E-state index contributed by atoms with van der Waals surface area (Å²) in [5.74, 6) is -3.95. The van der Waals surface area contributed by atoms with Crippen molar-refractivity contribution in [2.45, 2.75) is 12.1 Å². The summed E-state index contributed by atoms with van der Waals surface area (Å²) in [6.07, 6.45) is 0. The maximum Gasteiger partial charge on any atom is 1.00 e. The van der Waals surface area contributed by atoms with Crippen LogP contribution >= 0.6 is 22.9 Å². The first-order chi connectivity index (χ1) is 17.1. The van der Waals surface area contributed by atoms with Gasteiger partial charge in [0.2, 0.25) is 5.91 Å². The zero-order valence-corrected chi connectivity index (χ0v) is 23.6. The number of halogens is 1. The molecule has 1 aromatic carbocycles. The molecule has 1 aliphatic rings. The second kappa shape index (κ2) is 13.3. The first-order valence-electron chi connectivity index (χ1n) is 9.81. The van der Waals surface area contributed by atoms with E-state index < -0.39 is 58.4 Å². The molecule has 14 nitrogen and oxygen atoms in total. The molecule has 1 fully saturated rings. The largest absolute Gasteiger partial charge is 1.00 e. The van der Waals surface area contributed by atoms with Crippen LogP contribution in [0.1, 0.15) is 16.1 Å². The number of ether oxygens (including phenoxy) is 1. The van der Waals surface area contributed by atoms with Crippen LogP contribution in [0.2, 0.25) is 0 Å². The van der Waals surface area contributed by atoms with Crippen molar-refractivity contribution in [2.24, 2.45) is 5.16 Å². The molecular formula is C19H17ClN5NaO9S2. The van der Waals surface area contributed by atoms with Crippen molar-refractivity contribution >= 4 is 67.8 Å². The van der Waals surface area contributed by atoms with Gasteiger partial charge in [-0.25, -0.2) is 22.5 Å². The smallest absolute Gasteiger partial charge is 0.731 e. The Morgan fingerprint density at radius 1 is 1.27 bits per heavy atom. The number of hydrogen-bond donors (Lipinski definition) is 2. The number of carbonyl (C=O) groups excluding carboxylic acids is 4. The number of oxime groups is 1. The molecule has 3 amide bonds. The number of aromatic nitrogens is 1. The van der Waals surface area contributed by atoms with E-state index in [0.717, 1.165) is 18.4 Å². The summed E-state index contributed by atoms with van der Waals surface area (Å²) in [5, 5.41) is 9.66. The fourth-order valence-electron chi connectivity index (χ4n) is 3.03. The van der Waals surface area contributed by atoms with E-state index in [9.17, 15) is 32.1 Å². The van der Waals surface area contributed by atoms with Crippen LogP contribution in [-0.2, 0) is 34.3 Å². The molecule has 0 saturated carbocycles. The Bertz CT molecular complexity index is 1310. The van der Waals surface area contributed by atoms with Crippen molar-refractivity contribution in [3.8, 4) is 0 Å². The molecule has 18 heteroatoms. The number of amides is 3. The van der Waals surface area contributed by atoms with Crippen molar-refractivity contribution in [1.82, 2.24) is 14.6 Å². The molecule has 2 aromatic rings. The van der Waals surface area contributed by atoms with Gasteiger partial charge in [0, 0.05) is 5.38 Å². The number of thiazole rings is 1. The number of benzene rings is 1. The number of rotatable bonds is 10. The van der Waals surface area contributed by atoms with Gasteiger partial charge in [0.05, 0.1) is 5.56 Å². The standard InChI is InChI=1S/C19H18ClN5O9S2.Na/c1-33-24-14(11-9-35-19(21-11)22-13(26)7-20)16(27)23-15-12(25(17(15)28)36(30,31)32)8-34-18(29)10-5-3-2-4-6-10;/h2-6,9,12,15H,7-8H2,1H3,(H,23,27)(H,21,22,26)(H,30,31,32);/q;+1/p-1/t12-,15+;/m0./s1. The molecule has 1 aromatic heterocycles. The zero-order valence-electron chi connectivity index (χ0n) is 19.2. The van der Waals surface area contributed by atoms with Crippen molar-refractivity contribution in [1.29, 1.82) is 0 Å². The number of carbonyl (C=O) groups is 4. The molecular weight excluding hydrogens is 565 g/mol. The van der Waals surface area contributed by atoms with E-state index in [1.807, 2.05) is 0 Å². The summed E-state index contributed by atoms with van der Waals surface area (Å²) in [7, 11) is -4.12. The van der Waals surface area contributed by atoms with Crippen LogP contribution in [0.4, 0.5) is 5.13 Å². The molecule has 1 aliphatic heterocycles. The maximum atomic E-state index is 12.9. The molecule has 1 saturated heterocycles. The molecule has 0 unspecified atom stereocenters. The third kappa shape index (κ3) is 7.47. The summed E-state index contributed by atoms with van der Waals surface area (Å²) in [4.78, 5) is 57.6. The predicted molar refractivity (Wildman–Crippen MR) is 124 cm³/mol. The Morgan fingerprint density at radius 2 is 1.95 bits per heavy atom. The predicted octanol–water partition coefficient (Wildman–Crippen LogP) is -3.31. The SMILES string of the molecule is CON=C(C(=O)N[C@H]1C(=O)N(S(=O)(=O)[O-])[C@H]1COC(=O)c1ccccc1)c1csc(NC(=O)CCl)n1.[Na+]. The Kier molecular flexibility index (Phi) is 11.0. The number of β-lactam (4-membered cyclic amide) rings is 1. The van der Waals surface area contributed by atoms with Crippen molar-refractivity contribution in [3.63, 3.8) is 0 Å². The first kappa shape index (κ1) is 30.6. The first-order valence-corrected chi connectivity index (χ1v) is 12.6. The Hall–Kier alpha value is -2.60. The minimum Gasteiger partial charge on any atom is -0.731 e. The second-order valence-electron chi connectivity index (χ2n) is 6.92. The Balaban J connectivity index is 0.00000481. The van der Waals surface area contributed by atoms with Gasteiger partial charge in [0.1, 0.15) is 37.4 Å². The molecule has 0 spiro atoms. The molecule has 2 heterocycles. The Labute approximate surface area is 241 Å².